The fraction of sp³-hybridized carbons (Fsp3) is 0.400. The van der Waals surface area contributed by atoms with Gasteiger partial charge in [-0.1, -0.05) is 37.3 Å². The normalized spacial score (nSPS) is 20.3. The average molecular weight is 339 g/mol. The molecule has 2 amide bonds. The molecular formula is C20H25N3O2. The third-order valence-electron chi connectivity index (χ3n) is 4.43. The van der Waals surface area contributed by atoms with Crippen molar-refractivity contribution >= 4 is 6.03 Å². The number of nitrogens with zero attached hydrogens (tertiary/aromatic N) is 2. The number of rotatable bonds is 4. The van der Waals surface area contributed by atoms with Crippen molar-refractivity contribution in [2.75, 3.05) is 13.1 Å². The molecule has 0 bridgehead atoms. The molecule has 5 heteroatoms. The molecule has 1 aromatic heterocycles. The lowest BCUT2D eigenvalue weighted by Crippen LogP contribution is -2.49. The fourth-order valence-corrected chi connectivity index (χ4v) is 3.09. The molecule has 1 aliphatic rings. The van der Waals surface area contributed by atoms with Gasteiger partial charge in [-0.3, -0.25) is 4.98 Å². The van der Waals surface area contributed by atoms with Gasteiger partial charge in [0.15, 0.2) is 0 Å². The maximum Gasteiger partial charge on any atom is 0.317 e. The Morgan fingerprint density at radius 3 is 2.84 bits per heavy atom. The highest BCUT2D eigenvalue weighted by molar-refractivity contribution is 5.74. The Labute approximate surface area is 149 Å². The van der Waals surface area contributed by atoms with Gasteiger partial charge in [-0.15, -0.1) is 0 Å². The average Bonchev–Trinajstić information content (AvgIpc) is 2.66. The maximum atomic E-state index is 12.6. The number of aryl methyl sites for hydroxylation is 1. The minimum atomic E-state index is -0.0859. The van der Waals surface area contributed by atoms with E-state index in [1.165, 1.54) is 5.56 Å². The number of ether oxygens (including phenoxy) is 1. The number of benzene rings is 1. The molecule has 2 aromatic rings. The summed E-state index contributed by atoms with van der Waals surface area (Å²) in [6, 6.07) is 14.0. The van der Waals surface area contributed by atoms with Gasteiger partial charge in [0.2, 0.25) is 0 Å². The van der Waals surface area contributed by atoms with Crippen molar-refractivity contribution in [3.8, 4) is 0 Å². The molecule has 0 aliphatic carbocycles. The molecule has 2 atom stereocenters. The van der Waals surface area contributed by atoms with Crippen molar-refractivity contribution in [1.29, 1.82) is 0 Å². The third-order valence-corrected chi connectivity index (χ3v) is 4.43. The number of hydrogen-bond acceptors (Lipinski definition) is 3. The first-order valence-corrected chi connectivity index (χ1v) is 8.82. The van der Waals surface area contributed by atoms with Gasteiger partial charge in [0.05, 0.1) is 24.9 Å². The summed E-state index contributed by atoms with van der Waals surface area (Å²) in [7, 11) is 0. The molecule has 1 N–H and O–H groups in total. The second kappa shape index (κ2) is 8.12. The first kappa shape index (κ1) is 17.4. The lowest BCUT2D eigenvalue weighted by Gasteiger charge is -2.37. The van der Waals surface area contributed by atoms with Crippen molar-refractivity contribution in [3.05, 3.63) is 65.5 Å². The molecule has 2 heterocycles. The molecule has 132 valence electrons. The number of nitrogens with one attached hydrogen (secondary N) is 1. The Morgan fingerprint density at radius 2 is 2.08 bits per heavy atom. The van der Waals surface area contributed by atoms with E-state index in [1.54, 1.807) is 6.20 Å². The quantitative estimate of drug-likeness (QED) is 0.930. The van der Waals surface area contributed by atoms with Gasteiger partial charge in [-0.2, -0.15) is 0 Å². The summed E-state index contributed by atoms with van der Waals surface area (Å²) in [5.41, 5.74) is 3.21. The molecule has 5 nitrogen and oxygen atoms in total. The van der Waals surface area contributed by atoms with E-state index in [-0.39, 0.29) is 18.2 Å². The van der Waals surface area contributed by atoms with Crippen LogP contribution in [0.5, 0.6) is 0 Å². The van der Waals surface area contributed by atoms with Crippen LogP contribution in [-0.4, -0.2) is 35.1 Å². The van der Waals surface area contributed by atoms with Crippen molar-refractivity contribution in [2.24, 2.45) is 0 Å². The number of pyridine rings is 1. The molecule has 1 fully saturated rings. The minimum absolute atomic E-state index is 0.00579. The molecular weight excluding hydrogens is 314 g/mol. The smallest absolute Gasteiger partial charge is 0.317 e. The van der Waals surface area contributed by atoms with Gasteiger partial charge in [0.1, 0.15) is 6.10 Å². The minimum Gasteiger partial charge on any atom is -0.367 e. The van der Waals surface area contributed by atoms with Crippen LogP contribution in [0.1, 0.15) is 36.8 Å². The zero-order chi connectivity index (χ0) is 17.6. The van der Waals surface area contributed by atoms with Crippen LogP contribution in [0.2, 0.25) is 0 Å². The van der Waals surface area contributed by atoms with Gasteiger partial charge in [0, 0.05) is 12.7 Å². The van der Waals surface area contributed by atoms with Gasteiger partial charge < -0.3 is 15.0 Å². The summed E-state index contributed by atoms with van der Waals surface area (Å²) < 4.78 is 6.01. The van der Waals surface area contributed by atoms with Crippen LogP contribution < -0.4 is 5.32 Å². The highest BCUT2D eigenvalue weighted by Gasteiger charge is 2.29. The number of amides is 2. The molecule has 3 rings (SSSR count). The number of aromatic nitrogens is 1. The molecule has 1 aromatic carbocycles. The van der Waals surface area contributed by atoms with E-state index < -0.39 is 0 Å². The van der Waals surface area contributed by atoms with E-state index >= 15 is 0 Å². The maximum absolute atomic E-state index is 12.6. The van der Waals surface area contributed by atoms with Gasteiger partial charge in [-0.25, -0.2) is 4.79 Å². The molecule has 0 unspecified atom stereocenters. The summed E-state index contributed by atoms with van der Waals surface area (Å²) in [5.74, 6) is 0. The Balaban J connectivity index is 1.61. The van der Waals surface area contributed by atoms with Crippen LogP contribution in [0, 0.1) is 0 Å². The van der Waals surface area contributed by atoms with Gasteiger partial charge in [-0.05, 0) is 36.6 Å². The predicted octanol–water partition coefficient (Wildman–Crippen LogP) is 3.32. The van der Waals surface area contributed by atoms with E-state index in [4.69, 9.17) is 4.74 Å². The summed E-state index contributed by atoms with van der Waals surface area (Å²) in [4.78, 5) is 18.7. The van der Waals surface area contributed by atoms with Crippen LogP contribution in [0.3, 0.4) is 0 Å². The number of hydrogen-bond donors (Lipinski definition) is 1. The van der Waals surface area contributed by atoms with Crippen molar-refractivity contribution in [1.82, 2.24) is 15.2 Å². The number of morpholine rings is 1. The Kier molecular flexibility index (Phi) is 5.66. The van der Waals surface area contributed by atoms with Gasteiger partial charge >= 0.3 is 6.03 Å². The second-order valence-electron chi connectivity index (χ2n) is 6.42. The Morgan fingerprint density at radius 1 is 1.28 bits per heavy atom. The van der Waals surface area contributed by atoms with E-state index in [9.17, 15) is 4.79 Å². The van der Waals surface area contributed by atoms with Crippen LogP contribution in [-0.2, 0) is 17.7 Å². The molecule has 0 saturated carbocycles. The molecule has 0 spiro atoms. The third kappa shape index (κ3) is 4.57. The standard InChI is InChI=1S/C20H25N3O2/c1-3-16-9-10-21-18(11-16)12-22-20(24)23-13-15(2)25-19(14-23)17-7-5-4-6-8-17/h4-11,15,19H,3,12-14H2,1-2H3,(H,22,24)/t15-,19-/m0/s1. The highest BCUT2D eigenvalue weighted by atomic mass is 16.5. The first-order valence-electron chi connectivity index (χ1n) is 8.82. The van der Waals surface area contributed by atoms with E-state index in [1.807, 2.05) is 54.3 Å². The SMILES string of the molecule is CCc1ccnc(CNC(=O)N2C[C@@H](c3ccccc3)O[C@@H](C)C2)c1. The van der Waals surface area contributed by atoms with Crippen LogP contribution in [0.25, 0.3) is 0 Å². The Bertz CT molecular complexity index is 705. The zero-order valence-electron chi connectivity index (χ0n) is 14.8. The monoisotopic (exact) mass is 339 g/mol. The molecule has 25 heavy (non-hydrogen) atoms. The molecule has 1 aliphatic heterocycles. The topological polar surface area (TPSA) is 54.5 Å². The van der Waals surface area contributed by atoms with Crippen molar-refractivity contribution in [3.63, 3.8) is 0 Å². The predicted molar refractivity (Wildman–Crippen MR) is 97.2 cm³/mol. The largest absolute Gasteiger partial charge is 0.367 e. The van der Waals surface area contributed by atoms with Crippen LogP contribution in [0.15, 0.2) is 48.7 Å². The summed E-state index contributed by atoms with van der Waals surface area (Å²) in [6.07, 6.45) is 2.68. The summed E-state index contributed by atoms with van der Waals surface area (Å²) in [5, 5.41) is 2.98. The lowest BCUT2D eigenvalue weighted by molar-refractivity contribution is -0.0657. The molecule has 1 saturated heterocycles. The highest BCUT2D eigenvalue weighted by Crippen LogP contribution is 2.25. The fourth-order valence-electron chi connectivity index (χ4n) is 3.09. The first-order chi connectivity index (χ1) is 12.2. The Hall–Kier alpha value is -2.40. The lowest BCUT2D eigenvalue weighted by atomic mass is 10.1. The number of carbonyl (C=O) groups is 1. The van der Waals surface area contributed by atoms with Gasteiger partial charge in [0.25, 0.3) is 0 Å². The zero-order valence-corrected chi connectivity index (χ0v) is 14.8. The van der Waals surface area contributed by atoms with E-state index in [0.29, 0.717) is 19.6 Å². The van der Waals surface area contributed by atoms with Crippen molar-refractivity contribution in [2.45, 2.75) is 39.0 Å². The van der Waals surface area contributed by atoms with E-state index in [0.717, 1.165) is 17.7 Å². The van der Waals surface area contributed by atoms with E-state index in [2.05, 4.69) is 17.2 Å². The van der Waals surface area contributed by atoms with Crippen LogP contribution in [0.4, 0.5) is 4.79 Å². The summed E-state index contributed by atoms with van der Waals surface area (Å²) in [6.45, 7) is 5.70. The molecule has 0 radical (unpaired) electrons. The summed E-state index contributed by atoms with van der Waals surface area (Å²) >= 11 is 0. The number of urea groups is 1. The number of carbonyl (C=O) groups excluding carboxylic acids is 1. The van der Waals surface area contributed by atoms with Crippen molar-refractivity contribution < 1.29 is 9.53 Å². The van der Waals surface area contributed by atoms with Crippen LogP contribution >= 0.6 is 0 Å². The second-order valence-corrected chi connectivity index (χ2v) is 6.42.